The second-order valence-corrected chi connectivity index (χ2v) is 11.5. The molecule has 0 spiro atoms. The second kappa shape index (κ2) is 10.4. The highest BCUT2D eigenvalue weighted by Crippen LogP contribution is 2.39. The van der Waals surface area contributed by atoms with E-state index >= 15 is 0 Å². The molecule has 6 aromatic carbocycles. The van der Waals surface area contributed by atoms with Crippen molar-refractivity contribution in [1.29, 1.82) is 0 Å². The van der Waals surface area contributed by atoms with E-state index in [4.69, 9.17) is 13.8 Å². The van der Waals surface area contributed by atoms with Gasteiger partial charge in [0.2, 0.25) is 5.89 Å². The first-order valence-electron chi connectivity index (χ1n) is 15.3. The number of oxazole rings is 1. The van der Waals surface area contributed by atoms with Crippen molar-refractivity contribution < 1.29 is 8.83 Å². The van der Waals surface area contributed by atoms with Crippen molar-refractivity contribution in [2.45, 2.75) is 12.5 Å². The molecule has 0 saturated heterocycles. The molecule has 1 atom stereocenters. The van der Waals surface area contributed by atoms with Gasteiger partial charge in [-0.15, -0.1) is 0 Å². The number of para-hydroxylation sites is 2. The van der Waals surface area contributed by atoms with Gasteiger partial charge in [-0.1, -0.05) is 97.1 Å². The number of aromatic nitrogens is 1. The number of fused-ring (bicyclic) bond motifs is 6. The first kappa shape index (κ1) is 25.6. The van der Waals surface area contributed by atoms with Gasteiger partial charge in [0.25, 0.3) is 0 Å². The van der Waals surface area contributed by atoms with E-state index in [9.17, 15) is 0 Å². The Bertz CT molecular complexity index is 2410. The molecule has 4 nitrogen and oxygen atoms in total. The minimum atomic E-state index is 0.191. The highest BCUT2D eigenvalue weighted by Gasteiger charge is 2.21. The topological polar surface area (TPSA) is 42.4 Å². The minimum Gasteiger partial charge on any atom is -0.455 e. The summed E-state index contributed by atoms with van der Waals surface area (Å²) in [4.78, 5) is 7.20. The molecule has 0 radical (unpaired) electrons. The molecule has 0 fully saturated rings. The van der Waals surface area contributed by atoms with E-state index in [1.54, 1.807) is 0 Å². The molecule has 1 aliphatic rings. The number of rotatable bonds is 5. The molecule has 2 heterocycles. The Morgan fingerprint density at radius 2 is 1.42 bits per heavy atom. The van der Waals surface area contributed by atoms with Crippen LogP contribution < -0.4 is 4.90 Å². The molecule has 1 aliphatic carbocycles. The van der Waals surface area contributed by atoms with Crippen LogP contribution in [0.3, 0.4) is 0 Å². The SMILES string of the molecule is C1=CCC(N(c2ccc(-c3cccc4c3oc3ccccc34)cc2)c2ccc3c(ccc4nc(-c5ccccc5)oc43)c2)C=C1. The van der Waals surface area contributed by atoms with Crippen molar-refractivity contribution in [3.05, 3.63) is 152 Å². The summed E-state index contributed by atoms with van der Waals surface area (Å²) in [6.07, 6.45) is 9.70. The number of anilines is 2. The first-order chi connectivity index (χ1) is 22.3. The third-order valence-electron chi connectivity index (χ3n) is 8.80. The van der Waals surface area contributed by atoms with E-state index in [1.165, 1.54) is 0 Å². The van der Waals surface area contributed by atoms with Gasteiger partial charge in [-0.2, -0.15) is 0 Å². The van der Waals surface area contributed by atoms with Crippen LogP contribution in [0.15, 0.2) is 161 Å². The van der Waals surface area contributed by atoms with Gasteiger partial charge in [0.1, 0.15) is 16.7 Å². The highest BCUT2D eigenvalue weighted by molar-refractivity contribution is 6.09. The van der Waals surface area contributed by atoms with Crippen molar-refractivity contribution in [3.8, 4) is 22.6 Å². The number of benzene rings is 6. The molecular formula is C41H28N2O2. The van der Waals surface area contributed by atoms with Crippen LogP contribution in [0.4, 0.5) is 11.4 Å². The predicted octanol–water partition coefficient (Wildman–Crippen LogP) is 11.2. The molecule has 0 amide bonds. The fraction of sp³-hybridized carbons (Fsp3) is 0.0488. The Morgan fingerprint density at radius 1 is 0.600 bits per heavy atom. The summed E-state index contributed by atoms with van der Waals surface area (Å²) in [5.41, 5.74) is 8.97. The van der Waals surface area contributed by atoms with Crippen molar-refractivity contribution >= 4 is 55.2 Å². The maximum Gasteiger partial charge on any atom is 0.227 e. The number of hydrogen-bond acceptors (Lipinski definition) is 4. The molecular weight excluding hydrogens is 552 g/mol. The standard InChI is InChI=1S/C41H28N2O2/c1-3-10-28(11-4-1)41-42-37-25-20-29-26-32(23-24-34(29)40(37)45-41)43(30-12-5-2-6-13-30)31-21-18-27(19-22-31)33-15-9-16-36-35-14-7-8-17-38(35)44-39(33)36/h1-12,14-26,30H,13H2. The lowest BCUT2D eigenvalue weighted by Gasteiger charge is -2.33. The van der Waals surface area contributed by atoms with Crippen LogP contribution in [-0.2, 0) is 0 Å². The second-order valence-electron chi connectivity index (χ2n) is 11.5. The number of hydrogen-bond donors (Lipinski definition) is 0. The molecule has 4 heteroatoms. The summed E-state index contributed by atoms with van der Waals surface area (Å²) in [5, 5.41) is 4.45. The third-order valence-corrected chi connectivity index (χ3v) is 8.80. The molecule has 9 rings (SSSR count). The van der Waals surface area contributed by atoms with Gasteiger partial charge < -0.3 is 13.7 Å². The van der Waals surface area contributed by atoms with Gasteiger partial charge >= 0.3 is 0 Å². The van der Waals surface area contributed by atoms with Crippen LogP contribution in [0, 0.1) is 0 Å². The lowest BCUT2D eigenvalue weighted by molar-refractivity contribution is 0.623. The van der Waals surface area contributed by atoms with E-state index in [-0.39, 0.29) is 6.04 Å². The first-order valence-corrected chi connectivity index (χ1v) is 15.3. The Morgan fingerprint density at radius 3 is 2.29 bits per heavy atom. The maximum absolute atomic E-state index is 6.34. The molecule has 0 saturated carbocycles. The molecule has 0 N–H and O–H groups in total. The minimum absolute atomic E-state index is 0.191. The molecule has 214 valence electrons. The monoisotopic (exact) mass is 580 g/mol. The van der Waals surface area contributed by atoms with Gasteiger partial charge in [-0.05, 0) is 72.0 Å². The molecule has 0 bridgehead atoms. The van der Waals surface area contributed by atoms with Crippen molar-refractivity contribution in [1.82, 2.24) is 4.98 Å². The normalized spacial score (nSPS) is 14.6. The molecule has 45 heavy (non-hydrogen) atoms. The number of nitrogens with zero attached hydrogens (tertiary/aromatic N) is 2. The summed E-state index contributed by atoms with van der Waals surface area (Å²) in [6, 6.07) is 44.5. The maximum atomic E-state index is 6.34. The van der Waals surface area contributed by atoms with Gasteiger partial charge in [0, 0.05) is 38.7 Å². The van der Waals surface area contributed by atoms with Crippen LogP contribution in [0.25, 0.3) is 66.4 Å². The average molecular weight is 581 g/mol. The fourth-order valence-corrected chi connectivity index (χ4v) is 6.62. The summed E-state index contributed by atoms with van der Waals surface area (Å²) >= 11 is 0. The van der Waals surface area contributed by atoms with Crippen LogP contribution in [-0.4, -0.2) is 11.0 Å². The van der Waals surface area contributed by atoms with E-state index in [0.717, 1.165) is 78.3 Å². The lowest BCUT2D eigenvalue weighted by Crippen LogP contribution is -2.29. The molecule has 0 aliphatic heterocycles. The smallest absolute Gasteiger partial charge is 0.227 e. The summed E-state index contributed by atoms with van der Waals surface area (Å²) in [7, 11) is 0. The zero-order chi connectivity index (χ0) is 29.7. The van der Waals surface area contributed by atoms with Crippen LogP contribution in [0.2, 0.25) is 0 Å². The Balaban J connectivity index is 1.12. The van der Waals surface area contributed by atoms with Gasteiger partial charge in [0.15, 0.2) is 5.58 Å². The van der Waals surface area contributed by atoms with Crippen LogP contribution in [0.5, 0.6) is 0 Å². The average Bonchev–Trinajstić information content (AvgIpc) is 3.72. The van der Waals surface area contributed by atoms with Crippen molar-refractivity contribution in [3.63, 3.8) is 0 Å². The molecule has 1 unspecified atom stereocenters. The van der Waals surface area contributed by atoms with Gasteiger partial charge in [-0.3, -0.25) is 0 Å². The predicted molar refractivity (Wildman–Crippen MR) is 185 cm³/mol. The Kier molecular flexibility index (Phi) is 5.91. The van der Waals surface area contributed by atoms with Gasteiger partial charge in [-0.25, -0.2) is 4.98 Å². The number of furan rings is 1. The fourth-order valence-electron chi connectivity index (χ4n) is 6.62. The Hall–Kier alpha value is -5.87. The Labute approximate surface area is 260 Å². The lowest BCUT2D eigenvalue weighted by atomic mass is 10.00. The number of allylic oxidation sites excluding steroid dienone is 2. The van der Waals surface area contributed by atoms with Crippen molar-refractivity contribution in [2.24, 2.45) is 0 Å². The van der Waals surface area contributed by atoms with E-state index in [0.29, 0.717) is 5.89 Å². The van der Waals surface area contributed by atoms with Crippen LogP contribution in [0.1, 0.15) is 6.42 Å². The quantitative estimate of drug-likeness (QED) is 0.203. The van der Waals surface area contributed by atoms with E-state index < -0.39 is 0 Å². The largest absolute Gasteiger partial charge is 0.455 e. The van der Waals surface area contributed by atoms with Crippen molar-refractivity contribution in [2.75, 3.05) is 4.90 Å². The summed E-state index contributed by atoms with van der Waals surface area (Å²) < 4.78 is 12.7. The molecule has 2 aromatic heterocycles. The molecule has 8 aromatic rings. The zero-order valence-corrected chi connectivity index (χ0v) is 24.4. The third kappa shape index (κ3) is 4.34. The van der Waals surface area contributed by atoms with Gasteiger partial charge in [0.05, 0.1) is 6.04 Å². The van der Waals surface area contributed by atoms with Crippen LogP contribution >= 0.6 is 0 Å². The van der Waals surface area contributed by atoms with E-state index in [1.807, 2.05) is 42.5 Å². The van der Waals surface area contributed by atoms with E-state index in [2.05, 4.69) is 114 Å². The summed E-state index contributed by atoms with van der Waals surface area (Å²) in [6.45, 7) is 0. The highest BCUT2D eigenvalue weighted by atomic mass is 16.3. The summed E-state index contributed by atoms with van der Waals surface area (Å²) in [5.74, 6) is 0.640. The zero-order valence-electron chi connectivity index (χ0n) is 24.4.